The zero-order chi connectivity index (χ0) is 14.5. The Bertz CT molecular complexity index is 500. The van der Waals surface area contributed by atoms with E-state index >= 15 is 0 Å². The van der Waals surface area contributed by atoms with E-state index in [9.17, 15) is 9.59 Å². The summed E-state index contributed by atoms with van der Waals surface area (Å²) in [7, 11) is 0. The fraction of sp³-hybridized carbons (Fsp3) is 0.538. The molecule has 1 atom stereocenters. The van der Waals surface area contributed by atoms with Gasteiger partial charge in [-0.15, -0.1) is 0 Å². The first-order valence-corrected chi connectivity index (χ1v) is 6.64. The maximum Gasteiger partial charge on any atom is 0.339 e. The average molecular weight is 278 g/mol. The Morgan fingerprint density at radius 1 is 1.45 bits per heavy atom. The third kappa shape index (κ3) is 3.30. The Balaban J connectivity index is 1.94. The average Bonchev–Trinajstić information content (AvgIpc) is 2.98. The number of rotatable bonds is 5. The van der Waals surface area contributed by atoms with Gasteiger partial charge in [0.2, 0.25) is 5.91 Å². The monoisotopic (exact) mass is 278 g/mol. The van der Waals surface area contributed by atoms with E-state index in [1.54, 1.807) is 6.92 Å². The highest BCUT2D eigenvalue weighted by atomic mass is 16.4. The number of hydrogen-bond acceptors (Lipinski definition) is 5. The van der Waals surface area contributed by atoms with Crippen molar-refractivity contribution in [3.63, 3.8) is 0 Å². The van der Waals surface area contributed by atoms with E-state index in [4.69, 9.17) is 5.11 Å². The summed E-state index contributed by atoms with van der Waals surface area (Å²) in [5.74, 6) is -1.02. The van der Waals surface area contributed by atoms with Crippen molar-refractivity contribution in [3.05, 3.63) is 23.8 Å². The maximum absolute atomic E-state index is 12.1. The van der Waals surface area contributed by atoms with Crippen molar-refractivity contribution in [1.29, 1.82) is 0 Å². The van der Waals surface area contributed by atoms with Gasteiger partial charge in [-0.3, -0.25) is 4.79 Å². The molecular formula is C13H18N4O3. The van der Waals surface area contributed by atoms with Crippen LogP contribution in [0.1, 0.15) is 35.8 Å². The van der Waals surface area contributed by atoms with Crippen LogP contribution in [0.25, 0.3) is 0 Å². The number of carboxylic acids is 1. The molecule has 2 N–H and O–H groups in total. The zero-order valence-corrected chi connectivity index (χ0v) is 11.4. The lowest BCUT2D eigenvalue weighted by atomic mass is 10.2. The van der Waals surface area contributed by atoms with Crippen LogP contribution in [0.4, 0.5) is 0 Å². The first kappa shape index (κ1) is 14.4. The van der Waals surface area contributed by atoms with Gasteiger partial charge in [-0.25, -0.2) is 14.8 Å². The molecule has 0 aliphatic carbocycles. The number of carbonyl (C=O) groups excluding carboxylic acids is 1. The van der Waals surface area contributed by atoms with Gasteiger partial charge in [0, 0.05) is 25.8 Å². The van der Waals surface area contributed by atoms with Crippen LogP contribution in [0.15, 0.2) is 12.5 Å². The molecule has 1 aliphatic rings. The summed E-state index contributed by atoms with van der Waals surface area (Å²) in [6.07, 6.45) is 4.66. The van der Waals surface area contributed by atoms with Crippen molar-refractivity contribution in [1.82, 2.24) is 20.2 Å². The van der Waals surface area contributed by atoms with E-state index in [0.29, 0.717) is 5.69 Å². The van der Waals surface area contributed by atoms with Gasteiger partial charge in [0.05, 0.1) is 11.7 Å². The van der Waals surface area contributed by atoms with Crippen molar-refractivity contribution in [2.75, 3.05) is 13.1 Å². The number of nitrogens with one attached hydrogen (secondary N) is 1. The minimum absolute atomic E-state index is 0.0495. The number of aromatic nitrogens is 2. The molecule has 1 aliphatic heterocycles. The second kappa shape index (κ2) is 6.42. The lowest BCUT2D eigenvalue weighted by Crippen LogP contribution is -2.43. The van der Waals surface area contributed by atoms with E-state index in [2.05, 4.69) is 15.3 Å². The van der Waals surface area contributed by atoms with Gasteiger partial charge in [-0.2, -0.15) is 0 Å². The highest BCUT2D eigenvalue weighted by Crippen LogP contribution is 2.09. The molecule has 2 heterocycles. The van der Waals surface area contributed by atoms with Crippen molar-refractivity contribution in [2.24, 2.45) is 0 Å². The predicted octanol–water partition coefficient (Wildman–Crippen LogP) is 0.275. The maximum atomic E-state index is 12.1. The number of nitrogens with zero attached hydrogens (tertiary/aromatic N) is 3. The molecule has 0 saturated carbocycles. The van der Waals surface area contributed by atoms with Gasteiger partial charge >= 0.3 is 5.97 Å². The number of carboxylic acid groups (broad SMARTS) is 1. The van der Waals surface area contributed by atoms with Crippen molar-refractivity contribution < 1.29 is 14.7 Å². The first-order valence-electron chi connectivity index (χ1n) is 6.64. The number of carbonyl (C=O) groups is 2. The second-order valence-electron chi connectivity index (χ2n) is 4.82. The minimum Gasteiger partial charge on any atom is -0.478 e. The van der Waals surface area contributed by atoms with E-state index in [1.165, 1.54) is 12.5 Å². The number of likely N-dealkylation sites (tertiary alicyclic amines) is 1. The summed E-state index contributed by atoms with van der Waals surface area (Å²) in [5.41, 5.74) is 0.439. The molecule has 108 valence electrons. The molecule has 0 bridgehead atoms. The molecule has 1 saturated heterocycles. The van der Waals surface area contributed by atoms with Crippen LogP contribution < -0.4 is 5.32 Å². The molecule has 7 heteroatoms. The van der Waals surface area contributed by atoms with E-state index < -0.39 is 5.97 Å². The summed E-state index contributed by atoms with van der Waals surface area (Å²) in [5, 5.41) is 12.1. The van der Waals surface area contributed by atoms with Crippen LogP contribution >= 0.6 is 0 Å². The van der Waals surface area contributed by atoms with Gasteiger partial charge in [-0.1, -0.05) is 0 Å². The first-order chi connectivity index (χ1) is 9.59. The van der Waals surface area contributed by atoms with Crippen LogP contribution in [0, 0.1) is 0 Å². The van der Waals surface area contributed by atoms with Gasteiger partial charge in [0.25, 0.3) is 0 Å². The van der Waals surface area contributed by atoms with Crippen LogP contribution in [0.5, 0.6) is 0 Å². The molecule has 0 aromatic carbocycles. The molecule has 0 radical (unpaired) electrons. The van der Waals surface area contributed by atoms with E-state index in [-0.39, 0.29) is 24.1 Å². The number of hydrogen-bond donors (Lipinski definition) is 2. The second-order valence-corrected chi connectivity index (χ2v) is 4.82. The lowest BCUT2D eigenvalue weighted by molar-refractivity contribution is -0.131. The molecule has 1 fully saturated rings. The van der Waals surface area contributed by atoms with Crippen LogP contribution in [0.2, 0.25) is 0 Å². The quantitative estimate of drug-likeness (QED) is 0.803. The molecule has 1 aromatic rings. The molecule has 1 aromatic heterocycles. The lowest BCUT2D eigenvalue weighted by Gasteiger charge is -2.21. The van der Waals surface area contributed by atoms with Crippen LogP contribution in [0.3, 0.4) is 0 Å². The van der Waals surface area contributed by atoms with Gasteiger partial charge in [0.1, 0.15) is 11.9 Å². The summed E-state index contributed by atoms with van der Waals surface area (Å²) < 4.78 is 0. The fourth-order valence-electron chi connectivity index (χ4n) is 2.22. The highest BCUT2D eigenvalue weighted by Gasteiger charge is 2.23. The standard InChI is InChI=1S/C13H18N4O3/c1-9(12(18)17-4-2-3-5-17)15-7-11-10(13(19)20)6-14-8-16-11/h6,8-9,15H,2-5,7H2,1H3,(H,19,20). The predicted molar refractivity (Wildman–Crippen MR) is 71.1 cm³/mol. The Hall–Kier alpha value is -2.02. The molecule has 1 unspecified atom stereocenters. The zero-order valence-electron chi connectivity index (χ0n) is 11.4. The Labute approximate surface area is 117 Å². The van der Waals surface area contributed by atoms with Crippen molar-refractivity contribution in [2.45, 2.75) is 32.4 Å². The van der Waals surface area contributed by atoms with Gasteiger partial charge in [-0.05, 0) is 19.8 Å². The van der Waals surface area contributed by atoms with Gasteiger partial charge < -0.3 is 15.3 Å². The molecule has 20 heavy (non-hydrogen) atoms. The minimum atomic E-state index is -1.07. The Morgan fingerprint density at radius 2 is 2.15 bits per heavy atom. The third-order valence-electron chi connectivity index (χ3n) is 3.39. The van der Waals surface area contributed by atoms with Crippen LogP contribution in [-0.2, 0) is 11.3 Å². The Morgan fingerprint density at radius 3 is 2.80 bits per heavy atom. The summed E-state index contributed by atoms with van der Waals surface area (Å²) in [6.45, 7) is 3.62. The summed E-state index contributed by atoms with van der Waals surface area (Å²) >= 11 is 0. The van der Waals surface area contributed by atoms with Gasteiger partial charge in [0.15, 0.2) is 0 Å². The van der Waals surface area contributed by atoms with Crippen molar-refractivity contribution in [3.8, 4) is 0 Å². The molecule has 0 spiro atoms. The Kier molecular flexibility index (Phi) is 4.62. The molecular weight excluding hydrogens is 260 g/mol. The SMILES string of the molecule is CC(NCc1ncncc1C(=O)O)C(=O)N1CCCC1. The van der Waals surface area contributed by atoms with Crippen molar-refractivity contribution >= 4 is 11.9 Å². The van der Waals surface area contributed by atoms with E-state index in [0.717, 1.165) is 25.9 Å². The summed E-state index contributed by atoms with van der Waals surface area (Å²) in [6, 6.07) is -0.357. The summed E-state index contributed by atoms with van der Waals surface area (Å²) in [4.78, 5) is 32.6. The van der Waals surface area contributed by atoms with Crippen LogP contribution in [-0.4, -0.2) is 51.0 Å². The van der Waals surface area contributed by atoms with E-state index in [1.807, 2.05) is 4.90 Å². The molecule has 1 amide bonds. The third-order valence-corrected chi connectivity index (χ3v) is 3.39. The number of aromatic carboxylic acids is 1. The fourth-order valence-corrected chi connectivity index (χ4v) is 2.22. The largest absolute Gasteiger partial charge is 0.478 e. The topological polar surface area (TPSA) is 95.4 Å². The smallest absolute Gasteiger partial charge is 0.339 e. The number of amides is 1. The highest BCUT2D eigenvalue weighted by molar-refractivity contribution is 5.88. The molecule has 2 rings (SSSR count). The molecule has 7 nitrogen and oxygen atoms in total. The normalized spacial score (nSPS) is 16.1.